The van der Waals surface area contributed by atoms with Gasteiger partial charge in [0.15, 0.2) is 0 Å². The lowest BCUT2D eigenvalue weighted by Gasteiger charge is -2.12. The standard InChI is InChI=1S/C20H22N2O4/c1-4-25-18-8-6-5-7-15(18)12-26-19(23)10-9-16-13(2)17(11-21)20(24)22-14(16)3/h5-8H,4,9-10,12H2,1-3H3,(H,22,24). The van der Waals surface area contributed by atoms with E-state index in [2.05, 4.69) is 4.98 Å². The predicted molar refractivity (Wildman–Crippen MR) is 97.0 cm³/mol. The fourth-order valence-corrected chi connectivity index (χ4v) is 2.80. The summed E-state index contributed by atoms with van der Waals surface area (Å²) in [7, 11) is 0. The van der Waals surface area contributed by atoms with Crippen LogP contribution in [0.2, 0.25) is 0 Å². The number of H-pyrrole nitrogens is 1. The molecule has 0 atom stereocenters. The van der Waals surface area contributed by atoms with Gasteiger partial charge in [-0.2, -0.15) is 5.26 Å². The minimum absolute atomic E-state index is 0.0876. The van der Waals surface area contributed by atoms with E-state index < -0.39 is 5.56 Å². The molecule has 1 aromatic carbocycles. The maximum atomic E-state index is 12.1. The molecule has 26 heavy (non-hydrogen) atoms. The molecule has 0 aliphatic heterocycles. The van der Waals surface area contributed by atoms with Crippen LogP contribution in [-0.4, -0.2) is 17.6 Å². The Labute approximate surface area is 152 Å². The van der Waals surface area contributed by atoms with E-state index in [-0.39, 0.29) is 24.6 Å². The van der Waals surface area contributed by atoms with Gasteiger partial charge < -0.3 is 14.5 Å². The normalized spacial score (nSPS) is 10.2. The van der Waals surface area contributed by atoms with Crippen molar-refractivity contribution in [3.63, 3.8) is 0 Å². The highest BCUT2D eigenvalue weighted by atomic mass is 16.5. The van der Waals surface area contributed by atoms with Gasteiger partial charge in [-0.15, -0.1) is 0 Å². The summed E-state index contributed by atoms with van der Waals surface area (Å²) >= 11 is 0. The minimum atomic E-state index is -0.402. The molecule has 2 rings (SSSR count). The molecule has 0 unspecified atom stereocenters. The molecule has 6 heteroatoms. The van der Waals surface area contributed by atoms with Crippen LogP contribution in [-0.2, 0) is 22.6 Å². The van der Waals surface area contributed by atoms with Crippen molar-refractivity contribution < 1.29 is 14.3 Å². The Morgan fingerprint density at radius 1 is 1.27 bits per heavy atom. The van der Waals surface area contributed by atoms with Crippen molar-refractivity contribution in [2.24, 2.45) is 0 Å². The second-order valence-electron chi connectivity index (χ2n) is 5.87. The lowest BCUT2D eigenvalue weighted by Crippen LogP contribution is -2.17. The molecular weight excluding hydrogens is 332 g/mol. The summed E-state index contributed by atoms with van der Waals surface area (Å²) in [5.74, 6) is 0.355. The first-order valence-corrected chi connectivity index (χ1v) is 8.46. The molecule has 1 N–H and O–H groups in total. The molecule has 0 aliphatic rings. The van der Waals surface area contributed by atoms with Crippen molar-refractivity contribution >= 4 is 5.97 Å². The molecule has 1 aromatic heterocycles. The molecule has 0 aliphatic carbocycles. The first-order valence-electron chi connectivity index (χ1n) is 8.46. The highest BCUT2D eigenvalue weighted by molar-refractivity contribution is 5.70. The fraction of sp³-hybridized carbons (Fsp3) is 0.350. The lowest BCUT2D eigenvalue weighted by molar-refractivity contribution is -0.144. The van der Waals surface area contributed by atoms with E-state index in [4.69, 9.17) is 14.7 Å². The number of hydrogen-bond acceptors (Lipinski definition) is 5. The number of nitrogens with one attached hydrogen (secondary N) is 1. The SMILES string of the molecule is CCOc1ccccc1COC(=O)CCc1c(C)[nH]c(=O)c(C#N)c1C. The van der Waals surface area contributed by atoms with Gasteiger partial charge in [-0.3, -0.25) is 9.59 Å². The smallest absolute Gasteiger partial charge is 0.306 e. The number of benzene rings is 1. The fourth-order valence-electron chi connectivity index (χ4n) is 2.80. The van der Waals surface area contributed by atoms with Gasteiger partial charge in [0.25, 0.3) is 5.56 Å². The number of rotatable bonds is 7. The van der Waals surface area contributed by atoms with Gasteiger partial charge in [-0.1, -0.05) is 18.2 Å². The molecule has 0 amide bonds. The number of nitriles is 1. The van der Waals surface area contributed by atoms with E-state index in [1.54, 1.807) is 13.8 Å². The number of nitrogens with zero attached hydrogens (tertiary/aromatic N) is 1. The van der Waals surface area contributed by atoms with Crippen LogP contribution in [0.3, 0.4) is 0 Å². The summed E-state index contributed by atoms with van der Waals surface area (Å²) in [4.78, 5) is 26.5. The second-order valence-corrected chi connectivity index (χ2v) is 5.87. The zero-order valence-corrected chi connectivity index (χ0v) is 15.2. The largest absolute Gasteiger partial charge is 0.493 e. The van der Waals surface area contributed by atoms with Gasteiger partial charge in [0.2, 0.25) is 0 Å². The number of esters is 1. The van der Waals surface area contributed by atoms with Crippen LogP contribution in [0.4, 0.5) is 0 Å². The second kappa shape index (κ2) is 8.86. The van der Waals surface area contributed by atoms with E-state index in [1.807, 2.05) is 37.3 Å². The summed E-state index contributed by atoms with van der Waals surface area (Å²) in [5.41, 5.74) is 2.58. The topological polar surface area (TPSA) is 92.2 Å². The molecule has 136 valence electrons. The number of aromatic nitrogens is 1. The molecule has 2 aromatic rings. The monoisotopic (exact) mass is 354 g/mol. The zero-order chi connectivity index (χ0) is 19.1. The summed E-state index contributed by atoms with van der Waals surface area (Å²) in [6.45, 7) is 6.06. The van der Waals surface area contributed by atoms with Crippen LogP contribution < -0.4 is 10.3 Å². The Morgan fingerprint density at radius 2 is 2.00 bits per heavy atom. The van der Waals surface area contributed by atoms with Gasteiger partial charge in [0.05, 0.1) is 6.61 Å². The Bertz CT molecular complexity index is 894. The van der Waals surface area contributed by atoms with Crippen LogP contribution in [0.5, 0.6) is 5.75 Å². The number of pyridine rings is 1. The predicted octanol–water partition coefficient (Wildman–Crippen LogP) is 2.94. The van der Waals surface area contributed by atoms with Gasteiger partial charge in [-0.05, 0) is 44.4 Å². The molecule has 6 nitrogen and oxygen atoms in total. The third-order valence-corrected chi connectivity index (χ3v) is 4.16. The Kier molecular flexibility index (Phi) is 6.56. The number of hydrogen-bond donors (Lipinski definition) is 1. The highest BCUT2D eigenvalue weighted by Gasteiger charge is 2.14. The summed E-state index contributed by atoms with van der Waals surface area (Å²) < 4.78 is 10.9. The molecule has 0 radical (unpaired) electrons. The Morgan fingerprint density at radius 3 is 2.69 bits per heavy atom. The Hall–Kier alpha value is -3.07. The van der Waals surface area contributed by atoms with Crippen LogP contribution in [0, 0.1) is 25.2 Å². The van der Waals surface area contributed by atoms with Crippen LogP contribution in [0.15, 0.2) is 29.1 Å². The van der Waals surface area contributed by atoms with Crippen molar-refractivity contribution in [1.29, 1.82) is 5.26 Å². The Balaban J connectivity index is 2.00. The minimum Gasteiger partial charge on any atom is -0.493 e. The molecule has 0 saturated carbocycles. The molecule has 1 heterocycles. The van der Waals surface area contributed by atoms with E-state index in [0.717, 1.165) is 11.1 Å². The van der Waals surface area contributed by atoms with E-state index in [1.165, 1.54) is 0 Å². The van der Waals surface area contributed by atoms with Gasteiger partial charge in [-0.25, -0.2) is 0 Å². The quantitative estimate of drug-likeness (QED) is 0.772. The number of ether oxygens (including phenoxy) is 2. The van der Waals surface area contributed by atoms with Crippen molar-refractivity contribution in [1.82, 2.24) is 4.98 Å². The average Bonchev–Trinajstić information content (AvgIpc) is 2.61. The van der Waals surface area contributed by atoms with Crippen LogP contribution in [0.25, 0.3) is 0 Å². The van der Waals surface area contributed by atoms with Gasteiger partial charge in [0.1, 0.15) is 24.0 Å². The number of aryl methyl sites for hydroxylation is 1. The zero-order valence-electron chi connectivity index (χ0n) is 15.2. The number of aromatic amines is 1. The van der Waals surface area contributed by atoms with Crippen molar-refractivity contribution in [2.75, 3.05) is 6.61 Å². The van der Waals surface area contributed by atoms with Crippen LogP contribution in [0.1, 0.15) is 41.3 Å². The van der Waals surface area contributed by atoms with Gasteiger partial charge in [0, 0.05) is 17.7 Å². The first kappa shape index (κ1) is 19.3. The summed E-state index contributed by atoms with van der Waals surface area (Å²) in [5, 5.41) is 9.10. The highest BCUT2D eigenvalue weighted by Crippen LogP contribution is 2.20. The summed E-state index contributed by atoms with van der Waals surface area (Å²) in [6.07, 6.45) is 0.560. The first-order chi connectivity index (χ1) is 12.5. The summed E-state index contributed by atoms with van der Waals surface area (Å²) in [6, 6.07) is 9.33. The third kappa shape index (κ3) is 4.51. The van der Waals surface area contributed by atoms with Crippen LogP contribution >= 0.6 is 0 Å². The maximum Gasteiger partial charge on any atom is 0.306 e. The maximum absolute atomic E-state index is 12.1. The molecular formula is C20H22N2O4. The molecule has 0 saturated heterocycles. The lowest BCUT2D eigenvalue weighted by atomic mass is 9.99. The molecule has 0 bridgehead atoms. The average molecular weight is 354 g/mol. The molecule has 0 spiro atoms. The van der Waals surface area contributed by atoms with E-state index in [9.17, 15) is 9.59 Å². The molecule has 0 fully saturated rings. The number of para-hydroxylation sites is 1. The number of carbonyl (C=O) groups excluding carboxylic acids is 1. The number of carbonyl (C=O) groups is 1. The van der Waals surface area contributed by atoms with Crippen molar-refractivity contribution in [3.05, 3.63) is 62.6 Å². The van der Waals surface area contributed by atoms with E-state index >= 15 is 0 Å². The van der Waals surface area contributed by atoms with Gasteiger partial charge >= 0.3 is 5.97 Å². The third-order valence-electron chi connectivity index (χ3n) is 4.16. The van der Waals surface area contributed by atoms with Crippen molar-refractivity contribution in [2.45, 2.75) is 40.2 Å². The van der Waals surface area contributed by atoms with E-state index in [0.29, 0.717) is 30.0 Å². The van der Waals surface area contributed by atoms with Crippen molar-refractivity contribution in [3.8, 4) is 11.8 Å².